The summed E-state index contributed by atoms with van der Waals surface area (Å²) < 4.78 is 5.34. The molecule has 1 aromatic carbocycles. The highest BCUT2D eigenvalue weighted by Gasteiger charge is 2.17. The number of nitrogens with zero attached hydrogens (tertiary/aromatic N) is 2. The number of anilines is 1. The van der Waals surface area contributed by atoms with Gasteiger partial charge < -0.3 is 20.3 Å². The monoisotopic (exact) mass is 354 g/mol. The van der Waals surface area contributed by atoms with Crippen LogP contribution in [0.15, 0.2) is 36.7 Å². The van der Waals surface area contributed by atoms with Gasteiger partial charge in [0.2, 0.25) is 0 Å². The van der Waals surface area contributed by atoms with Gasteiger partial charge in [0.25, 0.3) is 11.8 Å². The third-order valence-corrected chi connectivity index (χ3v) is 4.04. The highest BCUT2D eigenvalue weighted by atomic mass is 16.5. The summed E-state index contributed by atoms with van der Waals surface area (Å²) in [6.07, 6.45) is 3.69. The second-order valence-electron chi connectivity index (χ2n) is 6.41. The maximum atomic E-state index is 12.3. The Morgan fingerprint density at radius 3 is 3.00 bits per heavy atom. The molecule has 2 heterocycles. The molecule has 2 aromatic rings. The summed E-state index contributed by atoms with van der Waals surface area (Å²) in [7, 11) is 2.00. The van der Waals surface area contributed by atoms with Crippen LogP contribution in [0.25, 0.3) is 0 Å². The minimum atomic E-state index is -0.193. The van der Waals surface area contributed by atoms with Gasteiger partial charge in [0.05, 0.1) is 5.69 Å². The second kappa shape index (κ2) is 7.97. The van der Waals surface area contributed by atoms with Crippen LogP contribution in [0.1, 0.15) is 21.5 Å². The Kier molecular flexibility index (Phi) is 5.48. The summed E-state index contributed by atoms with van der Waals surface area (Å²) in [5.41, 5.74) is 3.37. The number of pyridine rings is 1. The molecule has 0 fully saturated rings. The standard InChI is InChI=1S/C19H22N4O3/c1-13-7-14(10-20-9-13)11-23(2)6-5-21-19(25)15-3-4-16-17(8-15)26-12-18(24)22-16/h3-4,7-10H,5-6,11-12H2,1-2H3,(H,21,25)(H,22,24). The Balaban J connectivity index is 1.49. The van der Waals surface area contributed by atoms with Crippen LogP contribution in [0.4, 0.5) is 5.69 Å². The molecule has 7 nitrogen and oxygen atoms in total. The van der Waals surface area contributed by atoms with Gasteiger partial charge in [-0.05, 0) is 43.3 Å². The van der Waals surface area contributed by atoms with E-state index in [1.54, 1.807) is 18.2 Å². The molecule has 0 aliphatic carbocycles. The summed E-state index contributed by atoms with van der Waals surface area (Å²) >= 11 is 0. The lowest BCUT2D eigenvalue weighted by Gasteiger charge is -2.19. The van der Waals surface area contributed by atoms with E-state index in [1.165, 1.54) is 0 Å². The predicted molar refractivity (Wildman–Crippen MR) is 98.2 cm³/mol. The molecule has 7 heteroatoms. The fourth-order valence-corrected chi connectivity index (χ4v) is 2.77. The average molecular weight is 354 g/mol. The number of hydrogen-bond acceptors (Lipinski definition) is 5. The Hall–Kier alpha value is -2.93. The van der Waals surface area contributed by atoms with Gasteiger partial charge in [-0.1, -0.05) is 6.07 Å². The molecule has 1 aromatic heterocycles. The van der Waals surface area contributed by atoms with Gasteiger partial charge in [-0.2, -0.15) is 0 Å². The van der Waals surface area contributed by atoms with Crippen LogP contribution in [0.3, 0.4) is 0 Å². The number of carbonyl (C=O) groups is 2. The first kappa shape index (κ1) is 17.9. The summed E-state index contributed by atoms with van der Waals surface area (Å²) in [5.74, 6) is 0.154. The van der Waals surface area contributed by atoms with E-state index in [-0.39, 0.29) is 18.4 Å². The Bertz CT molecular complexity index is 822. The third kappa shape index (κ3) is 4.58. The molecule has 1 aliphatic heterocycles. The summed E-state index contributed by atoms with van der Waals surface area (Å²) in [4.78, 5) is 29.9. The van der Waals surface area contributed by atoms with Crippen molar-refractivity contribution in [2.24, 2.45) is 0 Å². The van der Waals surface area contributed by atoms with Crippen LogP contribution in [-0.2, 0) is 11.3 Å². The second-order valence-corrected chi connectivity index (χ2v) is 6.41. The highest BCUT2D eigenvalue weighted by molar-refractivity contribution is 5.98. The molecule has 0 bridgehead atoms. The van der Waals surface area contributed by atoms with Crippen LogP contribution >= 0.6 is 0 Å². The molecule has 26 heavy (non-hydrogen) atoms. The van der Waals surface area contributed by atoms with E-state index in [4.69, 9.17) is 4.74 Å². The Labute approximate surface area is 152 Å². The first-order valence-corrected chi connectivity index (χ1v) is 8.45. The molecule has 2 amide bonds. The first-order valence-electron chi connectivity index (χ1n) is 8.45. The van der Waals surface area contributed by atoms with E-state index in [0.29, 0.717) is 23.5 Å². The van der Waals surface area contributed by atoms with Crippen LogP contribution in [0.2, 0.25) is 0 Å². The number of carbonyl (C=O) groups excluding carboxylic acids is 2. The highest BCUT2D eigenvalue weighted by Crippen LogP contribution is 2.28. The molecule has 136 valence electrons. The van der Waals surface area contributed by atoms with Gasteiger partial charge in [0, 0.05) is 37.6 Å². The van der Waals surface area contributed by atoms with Crippen molar-refractivity contribution < 1.29 is 14.3 Å². The van der Waals surface area contributed by atoms with Crippen molar-refractivity contribution in [2.75, 3.05) is 32.1 Å². The molecular formula is C19H22N4O3. The van der Waals surface area contributed by atoms with Crippen LogP contribution in [0.5, 0.6) is 5.75 Å². The SMILES string of the molecule is Cc1cncc(CN(C)CCNC(=O)c2ccc3c(c2)OCC(=O)N3)c1. The smallest absolute Gasteiger partial charge is 0.262 e. The maximum Gasteiger partial charge on any atom is 0.262 e. The summed E-state index contributed by atoms with van der Waals surface area (Å²) in [5, 5.41) is 5.61. The molecule has 0 radical (unpaired) electrons. The van der Waals surface area contributed by atoms with Crippen LogP contribution in [0, 0.1) is 6.92 Å². The zero-order chi connectivity index (χ0) is 18.5. The van der Waals surface area contributed by atoms with E-state index in [0.717, 1.165) is 24.2 Å². The molecule has 3 rings (SSSR count). The molecule has 0 unspecified atom stereocenters. The number of benzene rings is 1. The normalized spacial score (nSPS) is 13.0. The molecular weight excluding hydrogens is 332 g/mol. The van der Waals surface area contributed by atoms with Gasteiger partial charge >= 0.3 is 0 Å². The molecule has 0 atom stereocenters. The fourth-order valence-electron chi connectivity index (χ4n) is 2.77. The molecule has 0 saturated carbocycles. The zero-order valence-electron chi connectivity index (χ0n) is 14.9. The molecule has 0 spiro atoms. The minimum absolute atomic E-state index is 0.0311. The predicted octanol–water partition coefficient (Wildman–Crippen LogP) is 1.58. The molecule has 2 N–H and O–H groups in total. The lowest BCUT2D eigenvalue weighted by atomic mass is 10.1. The van der Waals surface area contributed by atoms with Crippen molar-refractivity contribution in [2.45, 2.75) is 13.5 Å². The van der Waals surface area contributed by atoms with Crippen molar-refractivity contribution in [3.05, 3.63) is 53.3 Å². The number of rotatable bonds is 6. The molecule has 1 aliphatic rings. The number of nitrogens with one attached hydrogen (secondary N) is 2. The third-order valence-electron chi connectivity index (χ3n) is 4.04. The summed E-state index contributed by atoms with van der Waals surface area (Å²) in [6.45, 7) is 4.01. The molecule has 0 saturated heterocycles. The maximum absolute atomic E-state index is 12.3. The zero-order valence-corrected chi connectivity index (χ0v) is 14.9. The number of ether oxygens (including phenoxy) is 1. The van der Waals surface area contributed by atoms with Crippen LogP contribution in [-0.4, -0.2) is 48.4 Å². The minimum Gasteiger partial charge on any atom is -0.482 e. The number of aromatic nitrogens is 1. The van der Waals surface area contributed by atoms with Gasteiger partial charge in [-0.3, -0.25) is 14.6 Å². The van der Waals surface area contributed by atoms with Crippen molar-refractivity contribution in [1.29, 1.82) is 0 Å². The van der Waals surface area contributed by atoms with Crippen molar-refractivity contribution in [3.63, 3.8) is 0 Å². The van der Waals surface area contributed by atoms with Crippen molar-refractivity contribution >= 4 is 17.5 Å². The number of amides is 2. The Morgan fingerprint density at radius 1 is 1.35 bits per heavy atom. The first-order chi connectivity index (χ1) is 12.5. The van der Waals surface area contributed by atoms with Crippen LogP contribution < -0.4 is 15.4 Å². The fraction of sp³-hybridized carbons (Fsp3) is 0.316. The van der Waals surface area contributed by atoms with E-state index >= 15 is 0 Å². The largest absolute Gasteiger partial charge is 0.482 e. The van der Waals surface area contributed by atoms with Crippen molar-refractivity contribution in [1.82, 2.24) is 15.2 Å². The lowest BCUT2D eigenvalue weighted by Crippen LogP contribution is -2.33. The number of likely N-dealkylation sites (N-methyl/N-ethyl adjacent to an activating group) is 1. The van der Waals surface area contributed by atoms with Gasteiger partial charge in [0.1, 0.15) is 5.75 Å². The van der Waals surface area contributed by atoms with Gasteiger partial charge in [-0.25, -0.2) is 0 Å². The Morgan fingerprint density at radius 2 is 2.19 bits per heavy atom. The number of hydrogen-bond donors (Lipinski definition) is 2. The summed E-state index contributed by atoms with van der Waals surface area (Å²) in [6, 6.07) is 7.10. The van der Waals surface area contributed by atoms with E-state index in [9.17, 15) is 9.59 Å². The number of fused-ring (bicyclic) bond motifs is 1. The number of aryl methyl sites for hydroxylation is 1. The van der Waals surface area contributed by atoms with Crippen molar-refractivity contribution in [3.8, 4) is 5.75 Å². The lowest BCUT2D eigenvalue weighted by molar-refractivity contribution is -0.118. The van der Waals surface area contributed by atoms with Gasteiger partial charge in [-0.15, -0.1) is 0 Å². The van der Waals surface area contributed by atoms with Gasteiger partial charge in [0.15, 0.2) is 6.61 Å². The topological polar surface area (TPSA) is 83.6 Å². The van der Waals surface area contributed by atoms with E-state index in [1.807, 2.05) is 26.4 Å². The average Bonchev–Trinajstić information content (AvgIpc) is 2.61. The quantitative estimate of drug-likeness (QED) is 0.823. The van der Waals surface area contributed by atoms with E-state index < -0.39 is 0 Å². The van der Waals surface area contributed by atoms with E-state index in [2.05, 4.69) is 26.6 Å².